The van der Waals surface area contributed by atoms with Crippen molar-refractivity contribution in [3.8, 4) is 11.5 Å². The van der Waals surface area contributed by atoms with E-state index in [1.54, 1.807) is 55.5 Å². The van der Waals surface area contributed by atoms with Gasteiger partial charge in [0.05, 0.1) is 36.4 Å². The molecule has 3 aromatic carbocycles. The number of carbonyl (C=O) groups excluding carboxylic acids is 2. The second-order valence-electron chi connectivity index (χ2n) is 7.57. The van der Waals surface area contributed by atoms with Crippen molar-refractivity contribution in [3.63, 3.8) is 0 Å². The summed E-state index contributed by atoms with van der Waals surface area (Å²) < 4.78 is 44.1. The smallest absolute Gasteiger partial charge is 0.338 e. The van der Waals surface area contributed by atoms with Gasteiger partial charge in [-0.15, -0.1) is 0 Å². The van der Waals surface area contributed by atoms with Gasteiger partial charge in [-0.3, -0.25) is 9.10 Å². The Morgan fingerprint density at radius 2 is 1.71 bits per heavy atom. The number of carbonyl (C=O) groups is 2. The molecular weight excluding hydrogens is 472 g/mol. The summed E-state index contributed by atoms with van der Waals surface area (Å²) >= 11 is 0. The number of hydrogen-bond acceptors (Lipinski definition) is 7. The molecule has 182 valence electrons. The van der Waals surface area contributed by atoms with E-state index in [2.05, 4.69) is 5.32 Å². The molecule has 0 spiro atoms. The molecule has 1 atom stereocenters. The SMILES string of the molecule is CCOC(=O)c1ccc(NC(=O)[C@H]2CN(S(=O)(=O)c3ccc(OC)cc3)c3ccccc3O2)cc1. The monoisotopic (exact) mass is 496 g/mol. The first-order chi connectivity index (χ1) is 16.8. The van der Waals surface area contributed by atoms with Crippen LogP contribution >= 0.6 is 0 Å². The summed E-state index contributed by atoms with van der Waals surface area (Å²) in [4.78, 5) is 24.9. The first kappa shape index (κ1) is 24.1. The molecule has 0 saturated heterocycles. The summed E-state index contributed by atoms with van der Waals surface area (Å²) in [6.07, 6.45) is -1.11. The van der Waals surface area contributed by atoms with Gasteiger partial charge >= 0.3 is 5.97 Å². The number of fused-ring (bicyclic) bond motifs is 1. The van der Waals surface area contributed by atoms with Crippen LogP contribution in [0, 0.1) is 0 Å². The van der Waals surface area contributed by atoms with Crippen molar-refractivity contribution in [2.75, 3.05) is 29.9 Å². The molecule has 3 aromatic rings. The van der Waals surface area contributed by atoms with Crippen LogP contribution in [0.5, 0.6) is 11.5 Å². The normalized spacial score (nSPS) is 14.9. The second-order valence-corrected chi connectivity index (χ2v) is 9.44. The maximum Gasteiger partial charge on any atom is 0.338 e. The fourth-order valence-corrected chi connectivity index (χ4v) is 5.04. The molecule has 1 N–H and O–H groups in total. The van der Waals surface area contributed by atoms with Gasteiger partial charge in [0.1, 0.15) is 11.5 Å². The number of anilines is 2. The number of nitrogens with zero attached hydrogens (tertiary/aromatic N) is 1. The lowest BCUT2D eigenvalue weighted by Crippen LogP contribution is -2.48. The first-order valence-corrected chi connectivity index (χ1v) is 12.3. The van der Waals surface area contributed by atoms with E-state index in [0.29, 0.717) is 22.7 Å². The Kier molecular flexibility index (Phi) is 6.92. The van der Waals surface area contributed by atoms with Gasteiger partial charge < -0.3 is 19.5 Å². The minimum Gasteiger partial charge on any atom is -0.497 e. The Bertz CT molecular complexity index is 1320. The molecule has 0 unspecified atom stereocenters. The summed E-state index contributed by atoms with van der Waals surface area (Å²) in [7, 11) is -2.50. The van der Waals surface area contributed by atoms with Gasteiger partial charge in [-0.2, -0.15) is 0 Å². The molecule has 1 amide bonds. The molecule has 0 radical (unpaired) electrons. The Morgan fingerprint density at radius 1 is 1.03 bits per heavy atom. The van der Waals surface area contributed by atoms with Crippen LogP contribution in [0.15, 0.2) is 77.7 Å². The molecule has 4 rings (SSSR count). The standard InChI is InChI=1S/C25H24N2O7S/c1-3-33-25(29)17-8-10-18(11-9-17)26-24(28)23-16-27(21-6-4-5-7-22(21)34-23)35(30,31)20-14-12-19(32-2)13-15-20/h4-15,23H,3,16H2,1-2H3,(H,26,28)/t23-/m1/s1. The number of benzene rings is 3. The van der Waals surface area contributed by atoms with Crippen LogP contribution in [-0.2, 0) is 19.6 Å². The number of methoxy groups -OCH3 is 1. The number of ether oxygens (including phenoxy) is 3. The average molecular weight is 497 g/mol. The highest BCUT2D eigenvalue weighted by molar-refractivity contribution is 7.92. The number of para-hydroxylation sites is 2. The van der Waals surface area contributed by atoms with Crippen LogP contribution in [0.1, 0.15) is 17.3 Å². The van der Waals surface area contributed by atoms with Gasteiger partial charge in [0.2, 0.25) is 0 Å². The Morgan fingerprint density at radius 3 is 2.37 bits per heavy atom. The minimum atomic E-state index is -3.99. The molecular formula is C25H24N2O7S. The fraction of sp³-hybridized carbons (Fsp3) is 0.200. The van der Waals surface area contributed by atoms with Crippen LogP contribution in [0.3, 0.4) is 0 Å². The van der Waals surface area contributed by atoms with Gasteiger partial charge in [0.25, 0.3) is 15.9 Å². The average Bonchev–Trinajstić information content (AvgIpc) is 2.88. The third-order valence-electron chi connectivity index (χ3n) is 5.34. The van der Waals surface area contributed by atoms with Gasteiger partial charge in [-0.05, 0) is 67.6 Å². The highest BCUT2D eigenvalue weighted by atomic mass is 32.2. The van der Waals surface area contributed by atoms with E-state index in [1.165, 1.54) is 35.7 Å². The van der Waals surface area contributed by atoms with E-state index in [4.69, 9.17) is 14.2 Å². The number of amides is 1. The van der Waals surface area contributed by atoms with E-state index >= 15 is 0 Å². The van der Waals surface area contributed by atoms with E-state index in [-0.39, 0.29) is 23.8 Å². The zero-order chi connectivity index (χ0) is 25.0. The number of esters is 1. The van der Waals surface area contributed by atoms with Crippen molar-refractivity contribution < 1.29 is 32.2 Å². The lowest BCUT2D eigenvalue weighted by atomic mass is 10.2. The predicted octanol–water partition coefficient (Wildman–Crippen LogP) is 3.47. The van der Waals surface area contributed by atoms with E-state index in [0.717, 1.165) is 0 Å². The zero-order valence-corrected chi connectivity index (χ0v) is 19.9. The molecule has 0 fully saturated rings. The molecule has 10 heteroatoms. The second kappa shape index (κ2) is 10.1. The molecule has 1 aliphatic rings. The summed E-state index contributed by atoms with van der Waals surface area (Å²) in [5.41, 5.74) is 1.12. The number of sulfonamides is 1. The van der Waals surface area contributed by atoms with E-state index in [1.807, 2.05) is 0 Å². The van der Waals surface area contributed by atoms with Crippen molar-refractivity contribution in [2.24, 2.45) is 0 Å². The Hall–Kier alpha value is -4.05. The predicted molar refractivity (Wildman–Crippen MR) is 129 cm³/mol. The molecule has 0 aliphatic carbocycles. The number of nitrogens with one attached hydrogen (secondary N) is 1. The van der Waals surface area contributed by atoms with Gasteiger partial charge in [0, 0.05) is 5.69 Å². The molecule has 0 bridgehead atoms. The molecule has 9 nitrogen and oxygen atoms in total. The van der Waals surface area contributed by atoms with Crippen molar-refractivity contribution in [1.29, 1.82) is 0 Å². The number of rotatable bonds is 7. The summed E-state index contributed by atoms with van der Waals surface area (Å²) in [6, 6.07) is 18.8. The third-order valence-corrected chi connectivity index (χ3v) is 7.13. The van der Waals surface area contributed by atoms with E-state index in [9.17, 15) is 18.0 Å². The van der Waals surface area contributed by atoms with Gasteiger partial charge in [-0.1, -0.05) is 12.1 Å². The summed E-state index contributed by atoms with van der Waals surface area (Å²) in [5.74, 6) is -0.193. The minimum absolute atomic E-state index is 0.0590. The van der Waals surface area contributed by atoms with Gasteiger partial charge in [-0.25, -0.2) is 13.2 Å². The van der Waals surface area contributed by atoms with E-state index < -0.39 is 28.0 Å². The molecule has 1 heterocycles. The summed E-state index contributed by atoms with van der Waals surface area (Å²) in [6.45, 7) is 1.75. The highest BCUT2D eigenvalue weighted by Gasteiger charge is 2.37. The van der Waals surface area contributed by atoms with Crippen LogP contribution in [0.25, 0.3) is 0 Å². The summed E-state index contributed by atoms with van der Waals surface area (Å²) in [5, 5.41) is 2.71. The maximum absolute atomic E-state index is 13.5. The lowest BCUT2D eigenvalue weighted by molar-refractivity contribution is -0.122. The van der Waals surface area contributed by atoms with Crippen LogP contribution in [0.4, 0.5) is 11.4 Å². The molecule has 1 aliphatic heterocycles. The largest absolute Gasteiger partial charge is 0.497 e. The van der Waals surface area contributed by atoms with Gasteiger partial charge in [0.15, 0.2) is 6.10 Å². The van der Waals surface area contributed by atoms with Crippen molar-refractivity contribution >= 4 is 33.3 Å². The van der Waals surface area contributed by atoms with Crippen LogP contribution < -0.4 is 19.1 Å². The third kappa shape index (κ3) is 5.07. The lowest BCUT2D eigenvalue weighted by Gasteiger charge is -2.34. The molecule has 0 aromatic heterocycles. The van der Waals surface area contributed by atoms with Crippen LogP contribution in [0.2, 0.25) is 0 Å². The maximum atomic E-state index is 13.5. The molecule has 35 heavy (non-hydrogen) atoms. The van der Waals surface area contributed by atoms with Crippen LogP contribution in [-0.4, -0.2) is 46.7 Å². The quantitative estimate of drug-likeness (QED) is 0.499. The first-order valence-electron chi connectivity index (χ1n) is 10.8. The fourth-order valence-electron chi connectivity index (χ4n) is 3.57. The topological polar surface area (TPSA) is 111 Å². The van der Waals surface area contributed by atoms with Crippen molar-refractivity contribution in [3.05, 3.63) is 78.4 Å². The highest BCUT2D eigenvalue weighted by Crippen LogP contribution is 2.37. The number of hydrogen-bond donors (Lipinski definition) is 1. The van der Waals surface area contributed by atoms with Crippen molar-refractivity contribution in [2.45, 2.75) is 17.9 Å². The zero-order valence-electron chi connectivity index (χ0n) is 19.1. The Labute approximate surface area is 203 Å². The molecule has 0 saturated carbocycles. The van der Waals surface area contributed by atoms with Crippen molar-refractivity contribution in [1.82, 2.24) is 0 Å². The Balaban J connectivity index is 1.57.